The molecule has 1 N–H and O–H groups in total. The fraction of sp³-hybridized carbons (Fsp3) is 0.0870. The summed E-state index contributed by atoms with van der Waals surface area (Å²) in [6, 6.07) is 18.8. The topological polar surface area (TPSA) is 64.1 Å². The van der Waals surface area contributed by atoms with Gasteiger partial charge < -0.3 is 10.1 Å². The number of ether oxygens (including phenoxy) is 1. The third kappa shape index (κ3) is 4.98. The monoisotopic (exact) mass is 423 g/mol. The Morgan fingerprint density at radius 1 is 0.903 bits per heavy atom. The van der Waals surface area contributed by atoms with Crippen LogP contribution in [0.3, 0.4) is 0 Å². The number of aromatic nitrogens is 2. The van der Waals surface area contributed by atoms with E-state index in [1.807, 2.05) is 36.4 Å². The van der Waals surface area contributed by atoms with Gasteiger partial charge in [-0.3, -0.25) is 9.78 Å². The number of hydrogen-bond donors (Lipinski definition) is 1. The number of para-hydroxylation sites is 2. The van der Waals surface area contributed by atoms with Crippen LogP contribution in [-0.4, -0.2) is 22.5 Å². The number of hydrogen-bond acceptors (Lipinski definition) is 4. The molecule has 0 aliphatic heterocycles. The van der Waals surface area contributed by atoms with Gasteiger partial charge in [0.05, 0.1) is 28.5 Å². The van der Waals surface area contributed by atoms with Gasteiger partial charge in [-0.25, -0.2) is 4.98 Å². The Kier molecular flexibility index (Phi) is 5.53. The van der Waals surface area contributed by atoms with Crippen molar-refractivity contribution in [2.75, 3.05) is 11.9 Å². The molecule has 0 saturated carbocycles. The van der Waals surface area contributed by atoms with Crippen molar-refractivity contribution in [1.82, 2.24) is 9.97 Å². The van der Waals surface area contributed by atoms with E-state index >= 15 is 0 Å². The summed E-state index contributed by atoms with van der Waals surface area (Å²) in [4.78, 5) is 21.0. The molecule has 0 radical (unpaired) electrons. The number of rotatable bonds is 5. The molecule has 4 rings (SSSR count). The van der Waals surface area contributed by atoms with Crippen molar-refractivity contribution in [3.8, 4) is 17.0 Å². The second-order valence-corrected chi connectivity index (χ2v) is 6.68. The predicted octanol–water partition coefficient (Wildman–Crippen LogP) is 5.33. The van der Waals surface area contributed by atoms with Crippen LogP contribution in [0.25, 0.3) is 22.3 Å². The third-order valence-electron chi connectivity index (χ3n) is 4.46. The lowest BCUT2D eigenvalue weighted by atomic mass is 10.1. The molecule has 0 saturated heterocycles. The molecule has 3 aromatic carbocycles. The average Bonchev–Trinajstić information content (AvgIpc) is 2.77. The number of fused-ring (bicyclic) bond motifs is 1. The number of carbonyl (C=O) groups is 1. The summed E-state index contributed by atoms with van der Waals surface area (Å²) in [7, 11) is 0. The Morgan fingerprint density at radius 2 is 1.58 bits per heavy atom. The highest BCUT2D eigenvalue weighted by Gasteiger charge is 2.29. The normalized spacial score (nSPS) is 11.3. The number of nitrogens with one attached hydrogen (secondary N) is 1. The lowest BCUT2D eigenvalue weighted by Gasteiger charge is -2.10. The van der Waals surface area contributed by atoms with Gasteiger partial charge in [0.2, 0.25) is 0 Å². The van der Waals surface area contributed by atoms with E-state index in [0.29, 0.717) is 11.4 Å². The zero-order chi connectivity index (χ0) is 21.8. The summed E-state index contributed by atoms with van der Waals surface area (Å²) in [5.74, 6) is -0.00991. The number of benzene rings is 3. The zero-order valence-corrected chi connectivity index (χ0v) is 16.1. The van der Waals surface area contributed by atoms with Crippen LogP contribution in [0.4, 0.5) is 18.9 Å². The summed E-state index contributed by atoms with van der Waals surface area (Å²) in [6.45, 7) is -0.282. The molecule has 1 aromatic heterocycles. The van der Waals surface area contributed by atoms with Crippen LogP contribution in [0, 0.1) is 0 Å². The molecule has 0 aliphatic rings. The highest BCUT2D eigenvalue weighted by Crippen LogP contribution is 2.29. The first-order chi connectivity index (χ1) is 14.9. The fourth-order valence-corrected chi connectivity index (χ4v) is 2.91. The molecule has 8 heteroatoms. The first kappa shape index (κ1) is 20.3. The second kappa shape index (κ2) is 8.43. The fourth-order valence-electron chi connectivity index (χ4n) is 2.91. The highest BCUT2D eigenvalue weighted by molar-refractivity contribution is 5.91. The molecule has 1 heterocycles. The summed E-state index contributed by atoms with van der Waals surface area (Å²) in [6.07, 6.45) is -2.73. The van der Waals surface area contributed by atoms with Crippen molar-refractivity contribution in [2.45, 2.75) is 6.18 Å². The quantitative estimate of drug-likeness (QED) is 0.471. The zero-order valence-electron chi connectivity index (χ0n) is 16.1. The molecule has 4 aromatic rings. The summed E-state index contributed by atoms with van der Waals surface area (Å²) >= 11 is 0. The van der Waals surface area contributed by atoms with Crippen molar-refractivity contribution >= 4 is 22.6 Å². The van der Waals surface area contributed by atoms with Gasteiger partial charge in [0, 0.05) is 11.3 Å². The maximum Gasteiger partial charge on any atom is 0.416 e. The Hall–Kier alpha value is -3.94. The molecule has 0 aliphatic carbocycles. The molecule has 31 heavy (non-hydrogen) atoms. The van der Waals surface area contributed by atoms with E-state index in [2.05, 4.69) is 15.3 Å². The van der Waals surface area contributed by atoms with Gasteiger partial charge in [0.25, 0.3) is 5.91 Å². The van der Waals surface area contributed by atoms with Crippen LogP contribution >= 0.6 is 0 Å². The molecular weight excluding hydrogens is 407 g/mol. The van der Waals surface area contributed by atoms with Crippen molar-refractivity contribution in [1.29, 1.82) is 0 Å². The number of nitrogens with zero attached hydrogens (tertiary/aromatic N) is 2. The molecule has 156 valence electrons. The van der Waals surface area contributed by atoms with E-state index in [1.165, 1.54) is 12.1 Å². The van der Waals surface area contributed by atoms with E-state index in [9.17, 15) is 18.0 Å². The number of anilines is 1. The highest BCUT2D eigenvalue weighted by atomic mass is 19.4. The van der Waals surface area contributed by atoms with Gasteiger partial charge in [0.1, 0.15) is 5.75 Å². The van der Waals surface area contributed by atoms with Crippen molar-refractivity contribution in [2.24, 2.45) is 0 Å². The lowest BCUT2D eigenvalue weighted by molar-refractivity contribution is -0.137. The number of carbonyl (C=O) groups excluding carboxylic acids is 1. The molecule has 0 spiro atoms. The standard InChI is InChI=1S/C23H16F3N3O2/c24-23(25,26)16-7-9-17(10-8-16)28-22(30)14-31-18-11-5-15(6-12-18)21-13-27-19-3-1-2-4-20(19)29-21/h1-13H,14H2,(H,28,30). The molecule has 5 nitrogen and oxygen atoms in total. The van der Waals surface area contributed by atoms with Gasteiger partial charge in [-0.05, 0) is 60.7 Å². The van der Waals surface area contributed by atoms with Crippen LogP contribution < -0.4 is 10.1 Å². The lowest BCUT2D eigenvalue weighted by Crippen LogP contribution is -2.20. The van der Waals surface area contributed by atoms with Crippen LogP contribution in [0.5, 0.6) is 5.75 Å². The van der Waals surface area contributed by atoms with Gasteiger partial charge in [-0.2, -0.15) is 13.2 Å². The third-order valence-corrected chi connectivity index (χ3v) is 4.46. The van der Waals surface area contributed by atoms with E-state index in [-0.39, 0.29) is 12.3 Å². The number of halogens is 3. The Morgan fingerprint density at radius 3 is 2.26 bits per heavy atom. The Labute approximate surface area is 175 Å². The van der Waals surface area contributed by atoms with Crippen LogP contribution in [-0.2, 0) is 11.0 Å². The van der Waals surface area contributed by atoms with Crippen LogP contribution in [0.2, 0.25) is 0 Å². The van der Waals surface area contributed by atoms with Gasteiger partial charge in [-0.1, -0.05) is 12.1 Å². The second-order valence-electron chi connectivity index (χ2n) is 6.68. The first-order valence-electron chi connectivity index (χ1n) is 9.31. The van der Waals surface area contributed by atoms with E-state index in [4.69, 9.17) is 4.74 Å². The van der Waals surface area contributed by atoms with E-state index in [0.717, 1.165) is 28.7 Å². The molecule has 0 fully saturated rings. The number of alkyl halides is 3. The van der Waals surface area contributed by atoms with Crippen molar-refractivity contribution < 1.29 is 22.7 Å². The maximum absolute atomic E-state index is 12.6. The molecule has 0 bridgehead atoms. The molecular formula is C23H16F3N3O2. The van der Waals surface area contributed by atoms with E-state index < -0.39 is 17.6 Å². The minimum Gasteiger partial charge on any atom is -0.484 e. The summed E-state index contributed by atoms with van der Waals surface area (Å²) in [5.41, 5.74) is 2.64. The minimum atomic E-state index is -4.42. The maximum atomic E-state index is 12.6. The smallest absolute Gasteiger partial charge is 0.416 e. The molecule has 1 amide bonds. The van der Waals surface area contributed by atoms with Crippen LogP contribution in [0.1, 0.15) is 5.56 Å². The molecule has 0 unspecified atom stereocenters. The summed E-state index contributed by atoms with van der Waals surface area (Å²) in [5, 5.41) is 2.50. The predicted molar refractivity (Wildman–Crippen MR) is 111 cm³/mol. The SMILES string of the molecule is O=C(COc1ccc(-c2cnc3ccccc3n2)cc1)Nc1ccc(C(F)(F)F)cc1. The van der Waals surface area contributed by atoms with Crippen LogP contribution in [0.15, 0.2) is 79.0 Å². The van der Waals surface area contributed by atoms with Gasteiger partial charge >= 0.3 is 6.18 Å². The number of amides is 1. The van der Waals surface area contributed by atoms with Crippen molar-refractivity contribution in [3.63, 3.8) is 0 Å². The van der Waals surface area contributed by atoms with Crippen molar-refractivity contribution in [3.05, 3.63) is 84.6 Å². The molecule has 0 atom stereocenters. The van der Waals surface area contributed by atoms with Gasteiger partial charge in [-0.15, -0.1) is 0 Å². The Balaban J connectivity index is 1.35. The van der Waals surface area contributed by atoms with E-state index in [1.54, 1.807) is 18.3 Å². The Bertz CT molecular complexity index is 1210. The largest absolute Gasteiger partial charge is 0.484 e. The van der Waals surface area contributed by atoms with Gasteiger partial charge in [0.15, 0.2) is 6.61 Å². The average molecular weight is 423 g/mol. The first-order valence-corrected chi connectivity index (χ1v) is 9.31. The summed E-state index contributed by atoms with van der Waals surface area (Å²) < 4.78 is 43.2. The minimum absolute atomic E-state index is 0.256.